The second kappa shape index (κ2) is 4.91. The lowest BCUT2D eigenvalue weighted by atomic mass is 10.2. The van der Waals surface area contributed by atoms with Crippen molar-refractivity contribution in [1.82, 2.24) is 15.0 Å². The van der Waals surface area contributed by atoms with Crippen LogP contribution in [0.4, 0.5) is 11.5 Å². The molecule has 0 fully saturated rings. The van der Waals surface area contributed by atoms with Gasteiger partial charge in [0.2, 0.25) is 0 Å². The van der Waals surface area contributed by atoms with E-state index in [-0.39, 0.29) is 0 Å². The number of hydrogen-bond donors (Lipinski definition) is 0. The van der Waals surface area contributed by atoms with Crippen molar-refractivity contribution in [2.75, 3.05) is 11.4 Å². The molecule has 4 nitrogen and oxygen atoms in total. The first-order chi connectivity index (χ1) is 10.2. The Labute approximate surface area is 136 Å². The van der Waals surface area contributed by atoms with Crippen molar-refractivity contribution in [2.45, 2.75) is 13.3 Å². The van der Waals surface area contributed by atoms with Gasteiger partial charge in [0.15, 0.2) is 0 Å². The molecule has 21 heavy (non-hydrogen) atoms. The molecule has 0 N–H and O–H groups in total. The lowest BCUT2D eigenvalue weighted by molar-refractivity contribution is 0.973. The molecule has 0 radical (unpaired) electrons. The number of nitrogens with zero attached hydrogens (tertiary/aromatic N) is 4. The summed E-state index contributed by atoms with van der Waals surface area (Å²) >= 11 is 2.36. The molecule has 0 atom stereocenters. The van der Waals surface area contributed by atoms with Crippen molar-refractivity contribution in [2.24, 2.45) is 0 Å². The predicted octanol–water partition coefficient (Wildman–Crippen LogP) is 3.63. The summed E-state index contributed by atoms with van der Waals surface area (Å²) in [5.74, 6) is 0.978. The smallest absolute Gasteiger partial charge is 0.144 e. The number of pyridine rings is 1. The van der Waals surface area contributed by atoms with E-state index in [2.05, 4.69) is 66.7 Å². The Morgan fingerprint density at radius 3 is 2.95 bits per heavy atom. The number of benzene rings is 1. The zero-order valence-corrected chi connectivity index (χ0v) is 13.7. The highest BCUT2D eigenvalue weighted by molar-refractivity contribution is 14.1. The number of fused-ring (bicyclic) bond motifs is 2. The zero-order chi connectivity index (χ0) is 14.4. The van der Waals surface area contributed by atoms with Crippen LogP contribution >= 0.6 is 22.6 Å². The maximum absolute atomic E-state index is 4.54. The number of halogens is 1. The van der Waals surface area contributed by atoms with Crippen LogP contribution in [-0.2, 0) is 6.42 Å². The molecular formula is C16H13IN4. The molecule has 0 aliphatic carbocycles. The minimum Gasteiger partial charge on any atom is -0.325 e. The van der Waals surface area contributed by atoms with Gasteiger partial charge in [0, 0.05) is 26.9 Å². The lowest BCUT2D eigenvalue weighted by Gasteiger charge is -2.20. The van der Waals surface area contributed by atoms with E-state index in [1.807, 2.05) is 13.1 Å². The van der Waals surface area contributed by atoms with Crippen LogP contribution in [-0.4, -0.2) is 21.5 Å². The fraction of sp³-hybridized carbons (Fsp3) is 0.188. The molecule has 0 bridgehead atoms. The van der Waals surface area contributed by atoms with Crippen molar-refractivity contribution in [1.29, 1.82) is 0 Å². The highest BCUT2D eigenvalue weighted by Gasteiger charge is 2.23. The van der Waals surface area contributed by atoms with E-state index in [0.717, 1.165) is 35.4 Å². The van der Waals surface area contributed by atoms with Crippen LogP contribution in [0, 0.1) is 10.5 Å². The molecule has 3 aromatic rings. The SMILES string of the molecule is Cc1cc2c(N3CCc4ccc(I)cc43)ncnc2cn1. The van der Waals surface area contributed by atoms with Gasteiger partial charge in [-0.3, -0.25) is 4.98 Å². The standard InChI is InChI=1S/C16H13IN4/c1-10-6-13-14(8-18-10)19-9-20-16(13)21-5-4-11-2-3-12(17)7-15(11)21/h2-3,6-9H,4-5H2,1H3. The Balaban J connectivity index is 1.93. The van der Waals surface area contributed by atoms with Crippen molar-refractivity contribution >= 4 is 45.0 Å². The average Bonchev–Trinajstić information content (AvgIpc) is 2.89. The summed E-state index contributed by atoms with van der Waals surface area (Å²) in [7, 11) is 0. The Morgan fingerprint density at radius 2 is 2.05 bits per heavy atom. The molecule has 0 amide bonds. The van der Waals surface area contributed by atoms with Gasteiger partial charge in [-0.1, -0.05) is 6.07 Å². The molecule has 1 aliphatic heterocycles. The Bertz CT molecular complexity index is 847. The van der Waals surface area contributed by atoms with Gasteiger partial charge in [-0.15, -0.1) is 0 Å². The molecule has 3 heterocycles. The third-order valence-corrected chi connectivity index (χ3v) is 4.51. The van der Waals surface area contributed by atoms with Crippen molar-refractivity contribution in [3.8, 4) is 0 Å². The quantitative estimate of drug-likeness (QED) is 0.597. The summed E-state index contributed by atoms with van der Waals surface area (Å²) in [6.45, 7) is 2.96. The van der Waals surface area contributed by atoms with E-state index >= 15 is 0 Å². The summed E-state index contributed by atoms with van der Waals surface area (Å²) < 4.78 is 1.24. The van der Waals surface area contributed by atoms with E-state index < -0.39 is 0 Å². The molecule has 0 saturated heterocycles. The summed E-state index contributed by atoms with van der Waals surface area (Å²) in [5.41, 5.74) is 4.52. The first-order valence-electron chi connectivity index (χ1n) is 6.86. The van der Waals surface area contributed by atoms with Crippen LogP contribution in [0.15, 0.2) is 36.8 Å². The van der Waals surface area contributed by atoms with E-state index in [9.17, 15) is 0 Å². The average molecular weight is 388 g/mol. The van der Waals surface area contributed by atoms with Crippen LogP contribution in [0.5, 0.6) is 0 Å². The fourth-order valence-electron chi connectivity index (χ4n) is 2.84. The normalized spacial score (nSPS) is 13.7. The van der Waals surface area contributed by atoms with Gasteiger partial charge < -0.3 is 4.90 Å². The molecule has 1 aromatic carbocycles. The summed E-state index contributed by atoms with van der Waals surface area (Å²) in [6, 6.07) is 8.67. The molecule has 1 aliphatic rings. The zero-order valence-electron chi connectivity index (χ0n) is 11.5. The second-order valence-electron chi connectivity index (χ2n) is 5.21. The van der Waals surface area contributed by atoms with Crippen molar-refractivity contribution in [3.63, 3.8) is 0 Å². The molecule has 4 rings (SSSR count). The number of aryl methyl sites for hydroxylation is 1. The van der Waals surface area contributed by atoms with Crippen LogP contribution in [0.1, 0.15) is 11.3 Å². The van der Waals surface area contributed by atoms with E-state index in [1.165, 1.54) is 14.8 Å². The first kappa shape index (κ1) is 12.9. The van der Waals surface area contributed by atoms with Gasteiger partial charge in [0.05, 0.1) is 11.7 Å². The lowest BCUT2D eigenvalue weighted by Crippen LogP contribution is -2.15. The van der Waals surface area contributed by atoms with Gasteiger partial charge in [0.1, 0.15) is 12.1 Å². The van der Waals surface area contributed by atoms with E-state index in [0.29, 0.717) is 0 Å². The molecule has 0 spiro atoms. The largest absolute Gasteiger partial charge is 0.325 e. The Kier molecular flexibility index (Phi) is 3.02. The maximum Gasteiger partial charge on any atom is 0.144 e. The predicted molar refractivity (Wildman–Crippen MR) is 91.9 cm³/mol. The molecule has 0 unspecified atom stereocenters. The minimum absolute atomic E-state index is 0.893. The molecule has 104 valence electrons. The first-order valence-corrected chi connectivity index (χ1v) is 7.93. The fourth-order valence-corrected chi connectivity index (χ4v) is 3.31. The minimum atomic E-state index is 0.893. The molecule has 0 saturated carbocycles. The highest BCUT2D eigenvalue weighted by atomic mass is 127. The van der Waals surface area contributed by atoms with Crippen LogP contribution < -0.4 is 4.90 Å². The number of rotatable bonds is 1. The van der Waals surface area contributed by atoms with Gasteiger partial charge in [-0.25, -0.2) is 9.97 Å². The van der Waals surface area contributed by atoms with Crippen molar-refractivity contribution < 1.29 is 0 Å². The summed E-state index contributed by atoms with van der Waals surface area (Å²) in [4.78, 5) is 15.5. The number of anilines is 2. The van der Waals surface area contributed by atoms with Crippen LogP contribution in [0.3, 0.4) is 0 Å². The third kappa shape index (κ3) is 2.16. The van der Waals surface area contributed by atoms with Gasteiger partial charge in [-0.2, -0.15) is 0 Å². The highest BCUT2D eigenvalue weighted by Crippen LogP contribution is 2.37. The second-order valence-corrected chi connectivity index (χ2v) is 6.46. The number of hydrogen-bond acceptors (Lipinski definition) is 4. The van der Waals surface area contributed by atoms with Crippen LogP contribution in [0.2, 0.25) is 0 Å². The van der Waals surface area contributed by atoms with Crippen molar-refractivity contribution in [3.05, 3.63) is 51.6 Å². The van der Waals surface area contributed by atoms with Gasteiger partial charge in [0.25, 0.3) is 0 Å². The number of aromatic nitrogens is 3. The van der Waals surface area contributed by atoms with Gasteiger partial charge in [-0.05, 0) is 59.7 Å². The molecule has 5 heteroatoms. The third-order valence-electron chi connectivity index (χ3n) is 3.84. The van der Waals surface area contributed by atoms with Gasteiger partial charge >= 0.3 is 0 Å². The maximum atomic E-state index is 4.54. The Morgan fingerprint density at radius 1 is 1.14 bits per heavy atom. The molecule has 2 aromatic heterocycles. The Hall–Kier alpha value is -1.76. The van der Waals surface area contributed by atoms with Crippen LogP contribution in [0.25, 0.3) is 10.9 Å². The summed E-state index contributed by atoms with van der Waals surface area (Å²) in [5, 5.41) is 1.07. The van der Waals surface area contributed by atoms with E-state index in [1.54, 1.807) is 6.33 Å². The topological polar surface area (TPSA) is 41.9 Å². The summed E-state index contributed by atoms with van der Waals surface area (Å²) in [6.07, 6.45) is 4.50. The van der Waals surface area contributed by atoms with E-state index in [4.69, 9.17) is 0 Å². The monoisotopic (exact) mass is 388 g/mol. The molecular weight excluding hydrogens is 375 g/mol.